The van der Waals surface area contributed by atoms with Crippen LogP contribution in [0.15, 0.2) is 9.98 Å². The molecule has 4 nitrogen and oxygen atoms in total. The SMILES string of the molecule is CN(C(=O)OC(C)(C)C)[C@H]1CC[C@H](c2ncc(Br)s2)CC1. The van der Waals surface area contributed by atoms with E-state index in [9.17, 15) is 4.79 Å². The Labute approximate surface area is 139 Å². The van der Waals surface area contributed by atoms with Crippen LogP contribution in [0.1, 0.15) is 57.4 Å². The highest BCUT2D eigenvalue weighted by Gasteiger charge is 2.30. The Kier molecular flexibility index (Phi) is 5.30. The minimum absolute atomic E-state index is 0.219. The Morgan fingerprint density at radius 3 is 2.48 bits per heavy atom. The molecule has 0 saturated heterocycles. The number of hydrogen-bond acceptors (Lipinski definition) is 4. The molecule has 0 spiro atoms. The van der Waals surface area contributed by atoms with Crippen molar-refractivity contribution in [3.63, 3.8) is 0 Å². The fourth-order valence-corrected chi connectivity index (χ4v) is 4.06. The smallest absolute Gasteiger partial charge is 0.410 e. The van der Waals surface area contributed by atoms with Crippen molar-refractivity contribution in [2.75, 3.05) is 7.05 Å². The molecule has 1 aromatic rings. The van der Waals surface area contributed by atoms with E-state index in [-0.39, 0.29) is 12.1 Å². The Balaban J connectivity index is 1.87. The maximum absolute atomic E-state index is 12.1. The lowest BCUT2D eigenvalue weighted by atomic mass is 9.86. The highest BCUT2D eigenvalue weighted by molar-refractivity contribution is 9.11. The van der Waals surface area contributed by atoms with Gasteiger partial charge < -0.3 is 9.64 Å². The van der Waals surface area contributed by atoms with E-state index in [1.54, 1.807) is 16.2 Å². The quantitative estimate of drug-likeness (QED) is 0.746. The van der Waals surface area contributed by atoms with Crippen LogP contribution in [0.25, 0.3) is 0 Å². The third-order valence-corrected chi connectivity index (χ3v) is 5.41. The normalized spacial score (nSPS) is 22.9. The molecule has 0 aliphatic heterocycles. The summed E-state index contributed by atoms with van der Waals surface area (Å²) >= 11 is 5.19. The van der Waals surface area contributed by atoms with Gasteiger partial charge in [0.2, 0.25) is 0 Å². The molecule has 0 atom stereocenters. The Hall–Kier alpha value is -0.620. The van der Waals surface area contributed by atoms with Crippen LogP contribution in [0.3, 0.4) is 0 Å². The van der Waals surface area contributed by atoms with E-state index in [2.05, 4.69) is 20.9 Å². The van der Waals surface area contributed by atoms with Crippen LogP contribution in [0.4, 0.5) is 4.79 Å². The molecule has 0 aromatic carbocycles. The van der Waals surface area contributed by atoms with Crippen molar-refractivity contribution in [2.45, 2.75) is 64.0 Å². The summed E-state index contributed by atoms with van der Waals surface area (Å²) in [6.07, 6.45) is 5.84. The summed E-state index contributed by atoms with van der Waals surface area (Å²) in [5.74, 6) is 0.532. The molecule has 2 rings (SSSR count). The third kappa shape index (κ3) is 4.68. The van der Waals surface area contributed by atoms with Crippen molar-refractivity contribution < 1.29 is 9.53 Å². The molecule has 1 heterocycles. The lowest BCUT2D eigenvalue weighted by Crippen LogP contribution is -2.42. The number of amides is 1. The van der Waals surface area contributed by atoms with E-state index in [1.165, 1.54) is 5.01 Å². The predicted molar refractivity (Wildman–Crippen MR) is 88.8 cm³/mol. The molecular weight excluding hydrogens is 352 g/mol. The van der Waals surface area contributed by atoms with Gasteiger partial charge >= 0.3 is 6.09 Å². The zero-order valence-electron chi connectivity index (χ0n) is 13.1. The van der Waals surface area contributed by atoms with Gasteiger partial charge in [-0.2, -0.15) is 0 Å². The second kappa shape index (κ2) is 6.65. The number of nitrogens with zero attached hydrogens (tertiary/aromatic N) is 2. The minimum Gasteiger partial charge on any atom is -0.444 e. The molecule has 1 aliphatic rings. The van der Waals surface area contributed by atoms with Crippen LogP contribution >= 0.6 is 27.3 Å². The van der Waals surface area contributed by atoms with Crippen LogP contribution in [0.2, 0.25) is 0 Å². The summed E-state index contributed by atoms with van der Waals surface area (Å²) in [6, 6.07) is 0.277. The zero-order chi connectivity index (χ0) is 15.6. The van der Waals surface area contributed by atoms with E-state index in [0.29, 0.717) is 5.92 Å². The van der Waals surface area contributed by atoms with Crippen LogP contribution < -0.4 is 0 Å². The second-order valence-corrected chi connectivity index (χ2v) is 9.04. The topological polar surface area (TPSA) is 42.4 Å². The van der Waals surface area contributed by atoms with Gasteiger partial charge in [0.1, 0.15) is 5.60 Å². The molecule has 1 saturated carbocycles. The lowest BCUT2D eigenvalue weighted by Gasteiger charge is -2.35. The Bertz CT molecular complexity index is 490. The predicted octanol–water partition coefficient (Wildman–Crippen LogP) is 4.80. The van der Waals surface area contributed by atoms with Gasteiger partial charge in [0.25, 0.3) is 0 Å². The van der Waals surface area contributed by atoms with Gasteiger partial charge in [-0.05, 0) is 62.4 Å². The molecular formula is C15H23BrN2O2S. The summed E-state index contributed by atoms with van der Waals surface area (Å²) in [4.78, 5) is 18.3. The first-order valence-corrected chi connectivity index (χ1v) is 8.94. The highest BCUT2D eigenvalue weighted by Crippen LogP contribution is 2.37. The summed E-state index contributed by atoms with van der Waals surface area (Å²) < 4.78 is 6.53. The molecule has 21 heavy (non-hydrogen) atoms. The molecule has 0 radical (unpaired) electrons. The number of thiazole rings is 1. The molecule has 6 heteroatoms. The average molecular weight is 375 g/mol. The number of aromatic nitrogens is 1. The Morgan fingerprint density at radius 2 is 2.00 bits per heavy atom. The van der Waals surface area contributed by atoms with Crippen LogP contribution in [0, 0.1) is 0 Å². The van der Waals surface area contributed by atoms with Crippen LogP contribution in [-0.4, -0.2) is 34.7 Å². The fourth-order valence-electron chi connectivity index (χ4n) is 2.65. The molecule has 0 bridgehead atoms. The Morgan fingerprint density at radius 1 is 1.38 bits per heavy atom. The summed E-state index contributed by atoms with van der Waals surface area (Å²) in [7, 11) is 1.85. The standard InChI is InChI=1S/C15H23BrN2O2S/c1-15(2,3)20-14(19)18(4)11-7-5-10(6-8-11)13-17-9-12(16)21-13/h9-11H,5-8H2,1-4H3/t10-,11-. The lowest BCUT2D eigenvalue weighted by molar-refractivity contribution is 0.0183. The molecule has 1 aliphatic carbocycles. The van der Waals surface area contributed by atoms with Gasteiger partial charge in [0.15, 0.2) is 0 Å². The maximum atomic E-state index is 12.1. The molecule has 1 fully saturated rings. The first-order valence-electron chi connectivity index (χ1n) is 7.33. The molecule has 118 valence electrons. The number of hydrogen-bond donors (Lipinski definition) is 0. The zero-order valence-corrected chi connectivity index (χ0v) is 15.5. The third-order valence-electron chi connectivity index (χ3n) is 3.77. The van der Waals surface area contributed by atoms with Gasteiger partial charge in [-0.3, -0.25) is 0 Å². The molecule has 0 N–H and O–H groups in total. The van der Waals surface area contributed by atoms with E-state index >= 15 is 0 Å². The van der Waals surface area contributed by atoms with Crippen molar-refractivity contribution in [2.24, 2.45) is 0 Å². The van der Waals surface area contributed by atoms with Crippen molar-refractivity contribution in [1.82, 2.24) is 9.88 Å². The van der Waals surface area contributed by atoms with Crippen LogP contribution in [-0.2, 0) is 4.74 Å². The number of halogens is 1. The fraction of sp³-hybridized carbons (Fsp3) is 0.733. The van der Waals surface area contributed by atoms with Crippen molar-refractivity contribution in [3.8, 4) is 0 Å². The van der Waals surface area contributed by atoms with E-state index in [4.69, 9.17) is 4.74 Å². The number of ether oxygens (including phenoxy) is 1. The summed E-state index contributed by atoms with van der Waals surface area (Å²) in [5, 5.41) is 1.21. The van der Waals surface area contributed by atoms with E-state index < -0.39 is 5.60 Å². The minimum atomic E-state index is -0.435. The molecule has 0 unspecified atom stereocenters. The number of rotatable bonds is 2. The number of carbonyl (C=O) groups excluding carboxylic acids is 1. The average Bonchev–Trinajstić information content (AvgIpc) is 2.83. The van der Waals surface area contributed by atoms with Gasteiger partial charge in [-0.1, -0.05) is 0 Å². The second-order valence-electron chi connectivity index (χ2n) is 6.60. The maximum Gasteiger partial charge on any atom is 0.410 e. The van der Waals surface area contributed by atoms with Crippen LogP contribution in [0.5, 0.6) is 0 Å². The first-order chi connectivity index (χ1) is 9.76. The van der Waals surface area contributed by atoms with Crippen molar-refractivity contribution in [3.05, 3.63) is 15.0 Å². The first kappa shape index (κ1) is 16.7. The van der Waals surface area contributed by atoms with Gasteiger partial charge in [-0.15, -0.1) is 11.3 Å². The summed E-state index contributed by atoms with van der Waals surface area (Å²) in [6.45, 7) is 5.70. The molecule has 1 amide bonds. The van der Waals surface area contributed by atoms with Gasteiger partial charge in [0.05, 0.1) is 15.0 Å². The molecule has 1 aromatic heterocycles. The monoisotopic (exact) mass is 374 g/mol. The summed E-state index contributed by atoms with van der Waals surface area (Å²) in [5.41, 5.74) is -0.435. The van der Waals surface area contributed by atoms with Crippen molar-refractivity contribution in [1.29, 1.82) is 0 Å². The van der Waals surface area contributed by atoms with E-state index in [0.717, 1.165) is 29.5 Å². The van der Waals surface area contributed by atoms with Gasteiger partial charge in [0, 0.05) is 19.0 Å². The van der Waals surface area contributed by atoms with Crippen molar-refractivity contribution >= 4 is 33.4 Å². The highest BCUT2D eigenvalue weighted by atomic mass is 79.9. The largest absolute Gasteiger partial charge is 0.444 e. The number of carbonyl (C=O) groups is 1. The van der Waals surface area contributed by atoms with E-state index in [1.807, 2.05) is 34.0 Å². The van der Waals surface area contributed by atoms with Gasteiger partial charge in [-0.25, -0.2) is 9.78 Å².